The van der Waals surface area contributed by atoms with Crippen molar-refractivity contribution in [1.82, 2.24) is 0 Å². The summed E-state index contributed by atoms with van der Waals surface area (Å²) in [6.45, 7) is 0. The fourth-order valence-electron chi connectivity index (χ4n) is 4.80. The molecule has 0 N–H and O–H groups in total. The number of carbonyl (C=O) groups is 2. The summed E-state index contributed by atoms with van der Waals surface area (Å²) in [5.41, 5.74) is 1.08. The first-order chi connectivity index (χ1) is 14.2. The molecule has 2 saturated carbocycles. The van der Waals surface area contributed by atoms with Gasteiger partial charge in [0.15, 0.2) is 0 Å². The maximum atomic E-state index is 12.8. The summed E-state index contributed by atoms with van der Waals surface area (Å²) >= 11 is 0. The Kier molecular flexibility index (Phi) is 6.28. The van der Waals surface area contributed by atoms with Crippen LogP contribution in [0.5, 0.6) is 0 Å². The molecular weight excluding hydrogens is 364 g/mol. The van der Waals surface area contributed by atoms with Crippen molar-refractivity contribution in [3.63, 3.8) is 0 Å². The molecule has 0 aromatic heterocycles. The van der Waals surface area contributed by atoms with E-state index in [-0.39, 0.29) is 36.0 Å². The molecule has 0 radical (unpaired) electrons. The molecule has 152 valence electrons. The minimum atomic E-state index is -0.386. The Morgan fingerprint density at radius 1 is 0.586 bits per heavy atom. The van der Waals surface area contributed by atoms with Crippen molar-refractivity contribution in [3.05, 3.63) is 71.8 Å². The lowest BCUT2D eigenvalue weighted by atomic mass is 9.82. The number of esters is 2. The Balaban J connectivity index is 1.60. The first-order valence-corrected chi connectivity index (χ1v) is 10.7. The van der Waals surface area contributed by atoms with E-state index in [1.54, 1.807) is 24.3 Å². The van der Waals surface area contributed by atoms with E-state index in [4.69, 9.17) is 9.47 Å². The maximum absolute atomic E-state index is 12.8. The van der Waals surface area contributed by atoms with Crippen LogP contribution in [0, 0.1) is 11.8 Å². The number of carbonyl (C=O) groups excluding carboxylic acids is 2. The van der Waals surface area contributed by atoms with Gasteiger partial charge in [0.1, 0.15) is 12.2 Å². The number of rotatable bonds is 4. The molecule has 2 aromatic rings. The van der Waals surface area contributed by atoms with Crippen LogP contribution in [0.2, 0.25) is 0 Å². The Morgan fingerprint density at radius 3 is 1.38 bits per heavy atom. The molecule has 0 saturated heterocycles. The third-order valence-corrected chi connectivity index (χ3v) is 6.31. The highest BCUT2D eigenvalue weighted by atomic mass is 16.6. The molecule has 0 heterocycles. The summed E-state index contributed by atoms with van der Waals surface area (Å²) in [5, 5.41) is 0. The molecular formula is C25H28O4. The Morgan fingerprint density at radius 2 is 0.966 bits per heavy atom. The summed E-state index contributed by atoms with van der Waals surface area (Å²) in [4.78, 5) is 25.7. The van der Waals surface area contributed by atoms with Crippen LogP contribution in [0.25, 0.3) is 0 Å². The van der Waals surface area contributed by atoms with Crippen LogP contribution in [0.1, 0.15) is 65.7 Å². The Hall–Kier alpha value is -2.62. The van der Waals surface area contributed by atoms with Crippen molar-refractivity contribution in [3.8, 4) is 0 Å². The van der Waals surface area contributed by atoms with E-state index >= 15 is 0 Å². The van der Waals surface area contributed by atoms with Crippen molar-refractivity contribution in [2.75, 3.05) is 0 Å². The van der Waals surface area contributed by atoms with E-state index in [2.05, 4.69) is 0 Å². The van der Waals surface area contributed by atoms with Crippen LogP contribution in [-0.2, 0) is 9.47 Å². The number of hydrogen-bond acceptors (Lipinski definition) is 4. The number of benzene rings is 2. The van der Waals surface area contributed by atoms with E-state index in [0.717, 1.165) is 44.9 Å². The van der Waals surface area contributed by atoms with Gasteiger partial charge >= 0.3 is 11.9 Å². The van der Waals surface area contributed by atoms with E-state index < -0.39 is 0 Å². The number of ether oxygens (including phenoxy) is 2. The van der Waals surface area contributed by atoms with E-state index in [0.29, 0.717) is 11.1 Å². The van der Waals surface area contributed by atoms with Crippen LogP contribution in [0.15, 0.2) is 60.7 Å². The van der Waals surface area contributed by atoms with Crippen molar-refractivity contribution in [2.24, 2.45) is 11.8 Å². The van der Waals surface area contributed by atoms with Gasteiger partial charge in [-0.05, 0) is 61.8 Å². The molecule has 0 spiro atoms. The van der Waals surface area contributed by atoms with Crippen LogP contribution >= 0.6 is 0 Å². The van der Waals surface area contributed by atoms with Crippen LogP contribution in [0.4, 0.5) is 0 Å². The highest BCUT2D eigenvalue weighted by Crippen LogP contribution is 2.40. The van der Waals surface area contributed by atoms with Crippen molar-refractivity contribution in [1.29, 1.82) is 0 Å². The van der Waals surface area contributed by atoms with E-state index in [9.17, 15) is 9.59 Å². The van der Waals surface area contributed by atoms with Gasteiger partial charge in [0, 0.05) is 0 Å². The van der Waals surface area contributed by atoms with Gasteiger partial charge in [0.25, 0.3) is 0 Å². The normalized spacial score (nSPS) is 26.6. The lowest BCUT2D eigenvalue weighted by Crippen LogP contribution is -2.44. The summed E-state index contributed by atoms with van der Waals surface area (Å²) in [6.07, 6.45) is 6.66. The van der Waals surface area contributed by atoms with Crippen LogP contribution < -0.4 is 0 Å². The van der Waals surface area contributed by atoms with Crippen molar-refractivity contribution in [2.45, 2.75) is 57.2 Å². The molecule has 4 nitrogen and oxygen atoms in total. The predicted molar refractivity (Wildman–Crippen MR) is 111 cm³/mol. The first kappa shape index (κ1) is 19.7. The van der Waals surface area contributed by atoms with Gasteiger partial charge in [0.2, 0.25) is 0 Å². The van der Waals surface area contributed by atoms with Crippen LogP contribution in [0.3, 0.4) is 0 Å². The molecule has 2 bridgehead atoms. The SMILES string of the molecule is O=C(OC1C2CCCCC(CCC2)C1OC(=O)c1ccccc1)c1ccccc1. The second kappa shape index (κ2) is 9.25. The minimum absolute atomic E-state index is 0.238. The Labute approximate surface area is 172 Å². The third kappa shape index (κ3) is 4.69. The molecule has 2 aromatic carbocycles. The largest absolute Gasteiger partial charge is 0.455 e. The summed E-state index contributed by atoms with van der Waals surface area (Å²) in [6, 6.07) is 18.2. The monoisotopic (exact) mass is 392 g/mol. The first-order valence-electron chi connectivity index (χ1n) is 10.7. The van der Waals surface area contributed by atoms with E-state index in [1.165, 1.54) is 0 Å². The van der Waals surface area contributed by atoms with Crippen molar-refractivity contribution >= 4 is 11.9 Å². The molecule has 0 aliphatic heterocycles. The third-order valence-electron chi connectivity index (χ3n) is 6.31. The lowest BCUT2D eigenvalue weighted by Gasteiger charge is -2.36. The van der Waals surface area contributed by atoms with E-state index in [1.807, 2.05) is 36.4 Å². The second-order valence-corrected chi connectivity index (χ2v) is 8.21. The quantitative estimate of drug-likeness (QED) is 0.651. The average molecular weight is 392 g/mol. The van der Waals surface area contributed by atoms with Gasteiger partial charge in [-0.25, -0.2) is 9.59 Å². The molecule has 4 atom stereocenters. The van der Waals surface area contributed by atoms with Crippen LogP contribution in [-0.4, -0.2) is 24.1 Å². The average Bonchev–Trinajstić information content (AvgIpc) is 2.83. The molecule has 2 fully saturated rings. The molecule has 0 amide bonds. The highest BCUT2D eigenvalue weighted by Gasteiger charge is 2.43. The number of fused-ring (bicyclic) bond motifs is 3. The van der Waals surface area contributed by atoms with Gasteiger partial charge in [-0.3, -0.25) is 0 Å². The summed E-state index contributed by atoms with van der Waals surface area (Å²) < 4.78 is 12.1. The van der Waals surface area contributed by atoms with Gasteiger partial charge in [-0.2, -0.15) is 0 Å². The van der Waals surface area contributed by atoms with Crippen molar-refractivity contribution < 1.29 is 19.1 Å². The topological polar surface area (TPSA) is 52.6 Å². The maximum Gasteiger partial charge on any atom is 0.338 e. The molecule has 4 unspecified atom stereocenters. The molecule has 4 heteroatoms. The second-order valence-electron chi connectivity index (χ2n) is 8.21. The lowest BCUT2D eigenvalue weighted by molar-refractivity contribution is -0.0777. The van der Waals surface area contributed by atoms with Gasteiger partial charge < -0.3 is 9.47 Å². The summed E-state index contributed by atoms with van der Waals surface area (Å²) in [5.74, 6) is -0.187. The fraction of sp³-hybridized carbons (Fsp3) is 0.440. The molecule has 4 rings (SSSR count). The predicted octanol–water partition coefficient (Wildman–Crippen LogP) is 5.43. The summed E-state index contributed by atoms with van der Waals surface area (Å²) in [7, 11) is 0. The van der Waals surface area contributed by atoms with Gasteiger partial charge in [0.05, 0.1) is 11.1 Å². The smallest absolute Gasteiger partial charge is 0.338 e. The van der Waals surface area contributed by atoms with Gasteiger partial charge in [-0.1, -0.05) is 55.7 Å². The molecule has 2 aliphatic rings. The zero-order valence-corrected chi connectivity index (χ0v) is 16.7. The minimum Gasteiger partial charge on any atom is -0.455 e. The highest BCUT2D eigenvalue weighted by molar-refractivity contribution is 5.90. The number of hydrogen-bond donors (Lipinski definition) is 0. The molecule has 2 aliphatic carbocycles. The standard InChI is InChI=1S/C25H28O4/c26-24(20-12-3-1-4-13-20)28-22-18-10-7-8-11-19(17-9-16-18)23(22)29-25(27)21-14-5-2-6-15-21/h1-6,12-15,18-19,22-23H,7-11,16-17H2. The Bertz CT molecular complexity index is 744. The molecule has 29 heavy (non-hydrogen) atoms. The fourth-order valence-corrected chi connectivity index (χ4v) is 4.80. The van der Waals surface area contributed by atoms with Gasteiger partial charge in [-0.15, -0.1) is 0 Å². The zero-order valence-electron chi connectivity index (χ0n) is 16.7. The zero-order chi connectivity index (χ0) is 20.1.